The SMILES string of the molecule is Cc1cc(N)c(S(=O)(=O)NC2CCOCC2)cc1C. The Bertz CT molecular complexity index is 563. The van der Waals surface area contributed by atoms with E-state index in [1.165, 1.54) is 0 Å². The highest BCUT2D eigenvalue weighted by Crippen LogP contribution is 2.23. The van der Waals surface area contributed by atoms with E-state index in [-0.39, 0.29) is 10.9 Å². The summed E-state index contributed by atoms with van der Waals surface area (Å²) in [7, 11) is -3.56. The predicted molar refractivity (Wildman–Crippen MR) is 74.5 cm³/mol. The van der Waals surface area contributed by atoms with Gasteiger partial charge >= 0.3 is 0 Å². The van der Waals surface area contributed by atoms with Crippen LogP contribution in [0.1, 0.15) is 24.0 Å². The zero-order valence-corrected chi connectivity index (χ0v) is 12.1. The molecule has 0 spiro atoms. The molecule has 1 heterocycles. The fourth-order valence-electron chi connectivity index (χ4n) is 2.14. The van der Waals surface area contributed by atoms with Crippen molar-refractivity contribution in [1.82, 2.24) is 4.72 Å². The van der Waals surface area contributed by atoms with Crippen molar-refractivity contribution in [2.24, 2.45) is 0 Å². The van der Waals surface area contributed by atoms with Crippen molar-refractivity contribution >= 4 is 15.7 Å². The van der Waals surface area contributed by atoms with Gasteiger partial charge in [-0.15, -0.1) is 0 Å². The zero-order chi connectivity index (χ0) is 14.0. The number of rotatable bonds is 3. The van der Waals surface area contributed by atoms with Crippen LogP contribution in [-0.2, 0) is 14.8 Å². The smallest absolute Gasteiger partial charge is 0.242 e. The first kappa shape index (κ1) is 14.3. The van der Waals surface area contributed by atoms with Crippen LogP contribution in [0.15, 0.2) is 17.0 Å². The molecule has 0 aliphatic carbocycles. The number of nitrogen functional groups attached to an aromatic ring is 1. The number of aryl methyl sites for hydroxylation is 2. The van der Waals surface area contributed by atoms with Crippen LogP contribution in [0, 0.1) is 13.8 Å². The maximum absolute atomic E-state index is 12.4. The summed E-state index contributed by atoms with van der Waals surface area (Å²) in [6, 6.07) is 3.26. The van der Waals surface area contributed by atoms with Crippen molar-refractivity contribution in [3.8, 4) is 0 Å². The van der Waals surface area contributed by atoms with Crippen molar-refractivity contribution in [2.45, 2.75) is 37.6 Å². The van der Waals surface area contributed by atoms with Gasteiger partial charge in [0.2, 0.25) is 10.0 Å². The molecule has 1 aromatic carbocycles. The predicted octanol–water partition coefficient (Wildman–Crippen LogP) is 1.34. The standard InChI is InChI=1S/C13H20N2O3S/c1-9-7-12(14)13(8-10(9)2)19(16,17)15-11-3-5-18-6-4-11/h7-8,11,15H,3-6,14H2,1-2H3. The number of anilines is 1. The molecule has 5 nitrogen and oxygen atoms in total. The molecule has 19 heavy (non-hydrogen) atoms. The first-order chi connectivity index (χ1) is 8.90. The van der Waals surface area contributed by atoms with Gasteiger partial charge in [0.15, 0.2) is 0 Å². The molecule has 0 amide bonds. The number of nitrogens with one attached hydrogen (secondary N) is 1. The second-order valence-electron chi connectivity index (χ2n) is 4.98. The van der Waals surface area contributed by atoms with E-state index >= 15 is 0 Å². The van der Waals surface area contributed by atoms with Crippen LogP contribution < -0.4 is 10.5 Å². The number of benzene rings is 1. The van der Waals surface area contributed by atoms with Crippen LogP contribution in [-0.4, -0.2) is 27.7 Å². The summed E-state index contributed by atoms with van der Waals surface area (Å²) in [4.78, 5) is 0.169. The second kappa shape index (κ2) is 5.48. The van der Waals surface area contributed by atoms with Gasteiger partial charge in [0.05, 0.1) is 5.69 Å². The third-order valence-electron chi connectivity index (χ3n) is 3.46. The Morgan fingerprint density at radius 1 is 1.21 bits per heavy atom. The van der Waals surface area contributed by atoms with Gasteiger partial charge in [-0.2, -0.15) is 0 Å². The van der Waals surface area contributed by atoms with E-state index in [0.29, 0.717) is 31.7 Å². The van der Waals surface area contributed by atoms with E-state index in [1.807, 2.05) is 13.8 Å². The first-order valence-corrected chi connectivity index (χ1v) is 7.85. The summed E-state index contributed by atoms with van der Waals surface area (Å²) in [6.45, 7) is 4.97. The minimum absolute atomic E-state index is 0.0697. The Balaban J connectivity index is 2.26. The molecule has 0 bridgehead atoms. The van der Waals surface area contributed by atoms with E-state index < -0.39 is 10.0 Å². The summed E-state index contributed by atoms with van der Waals surface area (Å²) in [5.41, 5.74) is 8.04. The molecular formula is C13H20N2O3S. The lowest BCUT2D eigenvalue weighted by Crippen LogP contribution is -2.39. The molecule has 0 radical (unpaired) electrons. The quantitative estimate of drug-likeness (QED) is 0.821. The Labute approximate surface area is 114 Å². The largest absolute Gasteiger partial charge is 0.398 e. The highest BCUT2D eigenvalue weighted by molar-refractivity contribution is 7.89. The van der Waals surface area contributed by atoms with Gasteiger partial charge < -0.3 is 10.5 Å². The third-order valence-corrected chi connectivity index (χ3v) is 5.03. The van der Waals surface area contributed by atoms with Gasteiger partial charge in [-0.25, -0.2) is 13.1 Å². The first-order valence-electron chi connectivity index (χ1n) is 6.37. The van der Waals surface area contributed by atoms with Crippen LogP contribution in [0.4, 0.5) is 5.69 Å². The molecule has 6 heteroatoms. The lowest BCUT2D eigenvalue weighted by atomic mass is 10.1. The van der Waals surface area contributed by atoms with Crippen LogP contribution in [0.2, 0.25) is 0 Å². The second-order valence-corrected chi connectivity index (χ2v) is 6.66. The fraction of sp³-hybridized carbons (Fsp3) is 0.538. The molecule has 3 N–H and O–H groups in total. The Hall–Kier alpha value is -1.11. The Morgan fingerprint density at radius 2 is 1.79 bits per heavy atom. The normalized spacial score (nSPS) is 17.6. The van der Waals surface area contributed by atoms with Gasteiger partial charge in [0.25, 0.3) is 0 Å². The molecule has 106 valence electrons. The van der Waals surface area contributed by atoms with E-state index in [1.54, 1.807) is 12.1 Å². The van der Waals surface area contributed by atoms with Gasteiger partial charge in [-0.3, -0.25) is 0 Å². The number of hydrogen-bond donors (Lipinski definition) is 2. The molecule has 0 aromatic heterocycles. The molecule has 1 aliphatic heterocycles. The number of sulfonamides is 1. The summed E-state index contributed by atoms with van der Waals surface area (Å²) >= 11 is 0. The Kier molecular flexibility index (Phi) is 4.13. The van der Waals surface area contributed by atoms with E-state index in [2.05, 4.69) is 4.72 Å². The fourth-order valence-corrected chi connectivity index (χ4v) is 3.65. The average Bonchev–Trinajstić information content (AvgIpc) is 2.34. The molecule has 2 rings (SSSR count). The molecular weight excluding hydrogens is 264 g/mol. The van der Waals surface area contributed by atoms with Crippen molar-refractivity contribution in [1.29, 1.82) is 0 Å². The molecule has 0 unspecified atom stereocenters. The lowest BCUT2D eigenvalue weighted by molar-refractivity contribution is 0.0832. The molecule has 1 aliphatic rings. The number of nitrogens with two attached hydrogens (primary N) is 1. The minimum Gasteiger partial charge on any atom is -0.398 e. The van der Waals surface area contributed by atoms with Crippen LogP contribution >= 0.6 is 0 Å². The van der Waals surface area contributed by atoms with Gasteiger partial charge in [0.1, 0.15) is 4.90 Å². The lowest BCUT2D eigenvalue weighted by Gasteiger charge is -2.23. The Morgan fingerprint density at radius 3 is 2.42 bits per heavy atom. The van der Waals surface area contributed by atoms with Crippen molar-refractivity contribution in [3.63, 3.8) is 0 Å². The summed E-state index contributed by atoms with van der Waals surface area (Å²) in [6.07, 6.45) is 1.40. The van der Waals surface area contributed by atoms with Crippen molar-refractivity contribution in [3.05, 3.63) is 23.3 Å². The van der Waals surface area contributed by atoms with Gasteiger partial charge in [0, 0.05) is 19.3 Å². The minimum atomic E-state index is -3.56. The maximum atomic E-state index is 12.4. The number of ether oxygens (including phenoxy) is 1. The van der Waals surface area contributed by atoms with Crippen molar-refractivity contribution in [2.75, 3.05) is 18.9 Å². The molecule has 0 atom stereocenters. The molecule has 1 fully saturated rings. The maximum Gasteiger partial charge on any atom is 0.242 e. The average molecular weight is 284 g/mol. The van der Waals surface area contributed by atoms with Crippen LogP contribution in [0.25, 0.3) is 0 Å². The third kappa shape index (κ3) is 3.26. The number of hydrogen-bond acceptors (Lipinski definition) is 4. The van der Waals surface area contributed by atoms with E-state index in [0.717, 1.165) is 11.1 Å². The van der Waals surface area contributed by atoms with Gasteiger partial charge in [-0.1, -0.05) is 0 Å². The monoisotopic (exact) mass is 284 g/mol. The van der Waals surface area contributed by atoms with Crippen LogP contribution in [0.5, 0.6) is 0 Å². The highest BCUT2D eigenvalue weighted by Gasteiger charge is 2.24. The summed E-state index contributed by atoms with van der Waals surface area (Å²) in [5.74, 6) is 0. The summed E-state index contributed by atoms with van der Waals surface area (Å²) < 4.78 is 32.6. The summed E-state index contributed by atoms with van der Waals surface area (Å²) in [5, 5.41) is 0. The highest BCUT2D eigenvalue weighted by atomic mass is 32.2. The zero-order valence-electron chi connectivity index (χ0n) is 11.3. The van der Waals surface area contributed by atoms with E-state index in [9.17, 15) is 8.42 Å². The van der Waals surface area contributed by atoms with Crippen molar-refractivity contribution < 1.29 is 13.2 Å². The van der Waals surface area contributed by atoms with E-state index in [4.69, 9.17) is 10.5 Å². The molecule has 0 saturated carbocycles. The topological polar surface area (TPSA) is 81.4 Å². The van der Waals surface area contributed by atoms with Gasteiger partial charge in [-0.05, 0) is 49.9 Å². The molecule has 1 aromatic rings. The van der Waals surface area contributed by atoms with Crippen LogP contribution in [0.3, 0.4) is 0 Å². The molecule has 1 saturated heterocycles.